The number of esters is 1. The number of benzene rings is 1. The van der Waals surface area contributed by atoms with Crippen molar-refractivity contribution in [2.75, 3.05) is 6.61 Å². The molecule has 5 heteroatoms. The molecule has 0 aliphatic heterocycles. The smallest absolute Gasteiger partial charge is 0.306 e. The first kappa shape index (κ1) is 16.8. The summed E-state index contributed by atoms with van der Waals surface area (Å²) in [5.41, 5.74) is 1.72. The molecule has 1 rings (SSSR count). The number of aromatic hydroxyl groups is 2. The van der Waals surface area contributed by atoms with E-state index >= 15 is 0 Å². The minimum Gasteiger partial charge on any atom is -0.504 e. The number of ketones is 1. The van der Waals surface area contributed by atoms with Gasteiger partial charge in [0.25, 0.3) is 0 Å². The van der Waals surface area contributed by atoms with Crippen molar-refractivity contribution in [2.45, 2.75) is 33.6 Å². The third-order valence-corrected chi connectivity index (χ3v) is 2.90. The highest BCUT2D eigenvalue weighted by atomic mass is 16.5. The van der Waals surface area contributed by atoms with Gasteiger partial charge in [0.05, 0.1) is 13.0 Å². The summed E-state index contributed by atoms with van der Waals surface area (Å²) < 4.78 is 4.79. The fourth-order valence-corrected chi connectivity index (χ4v) is 1.98. The Balaban J connectivity index is 2.93. The Morgan fingerprint density at radius 1 is 1.10 bits per heavy atom. The molecular weight excluding hydrogens is 272 g/mol. The predicted molar refractivity (Wildman–Crippen MR) is 78.9 cm³/mol. The van der Waals surface area contributed by atoms with Gasteiger partial charge >= 0.3 is 5.97 Å². The van der Waals surface area contributed by atoms with Crippen LogP contribution in [0.15, 0.2) is 23.8 Å². The number of Topliss-reactive ketones (excluding diaryl/α,β-unsaturated/α-hetero) is 1. The fraction of sp³-hybridized carbons (Fsp3) is 0.375. The molecule has 0 aliphatic rings. The van der Waals surface area contributed by atoms with E-state index in [1.165, 1.54) is 12.1 Å². The predicted octanol–water partition coefficient (Wildman–Crippen LogP) is 2.80. The first-order valence-corrected chi connectivity index (χ1v) is 6.75. The molecule has 0 spiro atoms. The Morgan fingerprint density at radius 2 is 1.76 bits per heavy atom. The van der Waals surface area contributed by atoms with Gasteiger partial charge in [-0.15, -0.1) is 0 Å². The molecule has 0 aromatic heterocycles. The van der Waals surface area contributed by atoms with Gasteiger partial charge in [-0.2, -0.15) is 0 Å². The van der Waals surface area contributed by atoms with Crippen molar-refractivity contribution >= 4 is 17.3 Å². The van der Waals surface area contributed by atoms with Crippen LogP contribution in [-0.4, -0.2) is 28.6 Å². The maximum absolute atomic E-state index is 12.3. The van der Waals surface area contributed by atoms with Crippen LogP contribution in [0.25, 0.3) is 5.57 Å². The van der Waals surface area contributed by atoms with Crippen molar-refractivity contribution in [1.29, 1.82) is 0 Å². The van der Waals surface area contributed by atoms with Gasteiger partial charge in [0.15, 0.2) is 17.3 Å². The zero-order valence-corrected chi connectivity index (χ0v) is 12.5. The van der Waals surface area contributed by atoms with Gasteiger partial charge in [0, 0.05) is 12.0 Å². The fourth-order valence-electron chi connectivity index (χ4n) is 1.98. The molecule has 0 heterocycles. The lowest BCUT2D eigenvalue weighted by Gasteiger charge is -2.10. The number of rotatable bonds is 6. The van der Waals surface area contributed by atoms with E-state index in [2.05, 4.69) is 0 Å². The van der Waals surface area contributed by atoms with Crippen LogP contribution in [0.3, 0.4) is 0 Å². The first-order valence-electron chi connectivity index (χ1n) is 6.75. The quantitative estimate of drug-likeness (QED) is 0.478. The Hall–Kier alpha value is -2.30. The molecule has 2 N–H and O–H groups in total. The van der Waals surface area contributed by atoms with Crippen LogP contribution in [0, 0.1) is 0 Å². The van der Waals surface area contributed by atoms with Gasteiger partial charge in [0.1, 0.15) is 0 Å². The maximum Gasteiger partial charge on any atom is 0.306 e. The molecule has 21 heavy (non-hydrogen) atoms. The standard InChI is InChI=1S/C16H20O5/c1-4-21-15(20)8-7-13(18)16(10(2)3)11-5-6-12(17)14(19)9-11/h5-6,9,17,19H,4,7-8H2,1-3H3. The highest BCUT2D eigenvalue weighted by molar-refractivity contribution is 6.22. The van der Waals surface area contributed by atoms with E-state index in [1.54, 1.807) is 26.8 Å². The highest BCUT2D eigenvalue weighted by Gasteiger charge is 2.17. The molecule has 0 bridgehead atoms. The molecular formula is C16H20O5. The molecule has 1 aromatic carbocycles. The van der Waals surface area contributed by atoms with Crippen molar-refractivity contribution < 1.29 is 24.5 Å². The van der Waals surface area contributed by atoms with E-state index in [1.807, 2.05) is 0 Å². The van der Waals surface area contributed by atoms with Crippen molar-refractivity contribution in [2.24, 2.45) is 0 Å². The van der Waals surface area contributed by atoms with E-state index in [0.29, 0.717) is 11.1 Å². The van der Waals surface area contributed by atoms with E-state index in [-0.39, 0.29) is 36.7 Å². The summed E-state index contributed by atoms with van der Waals surface area (Å²) in [6.45, 7) is 5.55. The minimum atomic E-state index is -0.410. The first-order chi connectivity index (χ1) is 9.86. The van der Waals surface area contributed by atoms with Crippen molar-refractivity contribution in [1.82, 2.24) is 0 Å². The van der Waals surface area contributed by atoms with Crippen molar-refractivity contribution in [3.05, 3.63) is 29.3 Å². The van der Waals surface area contributed by atoms with Gasteiger partial charge in [-0.1, -0.05) is 11.6 Å². The molecule has 0 saturated carbocycles. The van der Waals surface area contributed by atoms with E-state index in [4.69, 9.17) is 4.74 Å². The van der Waals surface area contributed by atoms with Crippen LogP contribution in [0.1, 0.15) is 39.2 Å². The van der Waals surface area contributed by atoms with Crippen LogP contribution in [0.4, 0.5) is 0 Å². The highest BCUT2D eigenvalue weighted by Crippen LogP contribution is 2.30. The van der Waals surface area contributed by atoms with Crippen LogP contribution >= 0.6 is 0 Å². The molecule has 0 radical (unpaired) electrons. The Labute approximate surface area is 123 Å². The van der Waals surface area contributed by atoms with E-state index in [9.17, 15) is 19.8 Å². The van der Waals surface area contributed by atoms with E-state index in [0.717, 1.165) is 5.57 Å². The lowest BCUT2D eigenvalue weighted by molar-refractivity contribution is -0.144. The summed E-state index contributed by atoms with van der Waals surface area (Å²) in [5.74, 6) is -1.14. The van der Waals surface area contributed by atoms with Crippen LogP contribution in [0.2, 0.25) is 0 Å². The number of carbonyl (C=O) groups is 2. The second kappa shape index (κ2) is 7.47. The second-order valence-electron chi connectivity index (χ2n) is 4.81. The van der Waals surface area contributed by atoms with Crippen LogP contribution < -0.4 is 0 Å². The normalized spacial score (nSPS) is 10.0. The van der Waals surface area contributed by atoms with Crippen LogP contribution in [0.5, 0.6) is 11.5 Å². The number of phenolic OH excluding ortho intramolecular Hbond substituents is 2. The molecule has 0 amide bonds. The van der Waals surface area contributed by atoms with Gasteiger partial charge in [0.2, 0.25) is 0 Å². The summed E-state index contributed by atoms with van der Waals surface area (Å²) in [5, 5.41) is 18.9. The summed E-state index contributed by atoms with van der Waals surface area (Å²) in [6.07, 6.45) is 0.0640. The molecule has 0 saturated heterocycles. The number of ether oxygens (including phenoxy) is 1. The van der Waals surface area contributed by atoms with E-state index < -0.39 is 5.97 Å². The van der Waals surface area contributed by atoms with Crippen LogP contribution in [-0.2, 0) is 14.3 Å². The lowest BCUT2D eigenvalue weighted by Crippen LogP contribution is -2.09. The second-order valence-corrected chi connectivity index (χ2v) is 4.81. The molecule has 5 nitrogen and oxygen atoms in total. The molecule has 0 fully saturated rings. The van der Waals surface area contributed by atoms with Crippen molar-refractivity contribution in [3.63, 3.8) is 0 Å². The SMILES string of the molecule is CCOC(=O)CCC(=O)C(=C(C)C)c1ccc(O)c(O)c1. The third kappa shape index (κ3) is 4.63. The van der Waals surface area contributed by atoms with Crippen molar-refractivity contribution in [3.8, 4) is 11.5 Å². The largest absolute Gasteiger partial charge is 0.504 e. The number of hydrogen-bond acceptors (Lipinski definition) is 5. The third-order valence-electron chi connectivity index (χ3n) is 2.90. The molecule has 0 aliphatic carbocycles. The van der Waals surface area contributed by atoms with Gasteiger partial charge in [-0.05, 0) is 38.5 Å². The Bertz CT molecular complexity index is 568. The summed E-state index contributed by atoms with van der Waals surface area (Å²) in [7, 11) is 0. The number of phenols is 2. The summed E-state index contributed by atoms with van der Waals surface area (Å²) in [4.78, 5) is 23.6. The molecule has 0 atom stereocenters. The zero-order chi connectivity index (χ0) is 16.0. The lowest BCUT2D eigenvalue weighted by atomic mass is 9.94. The number of allylic oxidation sites excluding steroid dienone is 2. The molecule has 0 unspecified atom stereocenters. The molecule has 1 aromatic rings. The topological polar surface area (TPSA) is 83.8 Å². The Kier molecular flexibility index (Phi) is 5.96. The van der Waals surface area contributed by atoms with Gasteiger partial charge in [-0.3, -0.25) is 9.59 Å². The Morgan fingerprint density at radius 3 is 2.29 bits per heavy atom. The zero-order valence-electron chi connectivity index (χ0n) is 12.5. The monoisotopic (exact) mass is 292 g/mol. The molecule has 114 valence electrons. The minimum absolute atomic E-state index is 0.0213. The number of hydrogen-bond donors (Lipinski definition) is 2. The summed E-state index contributed by atoms with van der Waals surface area (Å²) >= 11 is 0. The average Bonchev–Trinajstić information content (AvgIpc) is 2.40. The average molecular weight is 292 g/mol. The summed E-state index contributed by atoms with van der Waals surface area (Å²) in [6, 6.07) is 4.21. The number of carbonyl (C=O) groups excluding carboxylic acids is 2. The van der Waals surface area contributed by atoms with Gasteiger partial charge in [-0.25, -0.2) is 0 Å². The maximum atomic E-state index is 12.3. The van der Waals surface area contributed by atoms with Gasteiger partial charge < -0.3 is 14.9 Å².